The number of rotatable bonds is 2. The molecule has 3 nitrogen and oxygen atoms in total. The summed E-state index contributed by atoms with van der Waals surface area (Å²) >= 11 is 0. The predicted molar refractivity (Wildman–Crippen MR) is 105 cm³/mol. The first kappa shape index (κ1) is 18.4. The standard InChI is InChI=1S/C24H36O3/c1-23-12-10-17(27-22-5-3-4-14-26-22)15-16(23)6-7-18-19-8-9-21(25)24(19,2)13-11-20(18)23/h6,17-20,22H,3-5,7-15H2,1-2H3/t17-,18+,19+,20+,22-,23-,24+/m0/s1. The average Bonchev–Trinajstić information content (AvgIpc) is 2.98. The minimum atomic E-state index is -0.0124. The summed E-state index contributed by atoms with van der Waals surface area (Å²) in [5, 5.41) is 0. The van der Waals surface area contributed by atoms with Gasteiger partial charge >= 0.3 is 0 Å². The summed E-state index contributed by atoms with van der Waals surface area (Å²) in [4.78, 5) is 12.6. The van der Waals surface area contributed by atoms with Crippen molar-refractivity contribution in [2.24, 2.45) is 28.6 Å². The van der Waals surface area contributed by atoms with Crippen molar-refractivity contribution in [2.45, 2.75) is 96.9 Å². The highest BCUT2D eigenvalue weighted by atomic mass is 16.7. The lowest BCUT2D eigenvalue weighted by atomic mass is 9.48. The van der Waals surface area contributed by atoms with Crippen LogP contribution in [0.25, 0.3) is 0 Å². The van der Waals surface area contributed by atoms with Gasteiger partial charge in [0.15, 0.2) is 6.29 Å². The van der Waals surface area contributed by atoms with E-state index in [9.17, 15) is 4.79 Å². The lowest BCUT2D eigenvalue weighted by molar-refractivity contribution is -0.195. The normalized spacial score (nSPS) is 49.8. The van der Waals surface area contributed by atoms with Crippen molar-refractivity contribution in [1.29, 1.82) is 0 Å². The van der Waals surface area contributed by atoms with Crippen LogP contribution < -0.4 is 0 Å². The lowest BCUT2D eigenvalue weighted by Gasteiger charge is -2.57. The Kier molecular flexibility index (Phi) is 4.55. The maximum atomic E-state index is 12.6. The van der Waals surface area contributed by atoms with Crippen molar-refractivity contribution >= 4 is 5.78 Å². The van der Waals surface area contributed by atoms with Crippen LogP contribution in [-0.4, -0.2) is 24.8 Å². The highest BCUT2D eigenvalue weighted by molar-refractivity contribution is 5.87. The molecule has 4 fully saturated rings. The molecule has 0 bridgehead atoms. The molecule has 1 heterocycles. The third-order valence-corrected chi connectivity index (χ3v) is 9.25. The smallest absolute Gasteiger partial charge is 0.157 e. The molecule has 4 aliphatic carbocycles. The Morgan fingerprint density at radius 1 is 1.04 bits per heavy atom. The van der Waals surface area contributed by atoms with Crippen molar-refractivity contribution in [1.82, 2.24) is 0 Å². The second kappa shape index (κ2) is 6.69. The Balaban J connectivity index is 1.32. The number of ketones is 1. The molecule has 150 valence electrons. The molecule has 1 saturated heterocycles. The lowest BCUT2D eigenvalue weighted by Crippen LogP contribution is -2.50. The maximum absolute atomic E-state index is 12.6. The molecule has 0 aromatic carbocycles. The minimum absolute atomic E-state index is 0.0124. The van der Waals surface area contributed by atoms with E-state index in [4.69, 9.17) is 9.47 Å². The van der Waals surface area contributed by atoms with Crippen LogP contribution in [-0.2, 0) is 14.3 Å². The summed E-state index contributed by atoms with van der Waals surface area (Å²) in [6, 6.07) is 0. The number of Topliss-reactive ketones (excluding diaryl/α,β-unsaturated/α-hetero) is 1. The third-order valence-electron chi connectivity index (χ3n) is 9.25. The summed E-state index contributed by atoms with van der Waals surface area (Å²) in [6.07, 6.45) is 15.4. The van der Waals surface area contributed by atoms with E-state index in [1.807, 2.05) is 0 Å². The number of allylic oxidation sites excluding steroid dienone is 1. The fourth-order valence-electron chi connectivity index (χ4n) is 7.55. The molecule has 0 unspecified atom stereocenters. The van der Waals surface area contributed by atoms with Gasteiger partial charge in [-0.15, -0.1) is 0 Å². The van der Waals surface area contributed by atoms with Crippen LogP contribution in [0, 0.1) is 28.6 Å². The van der Waals surface area contributed by atoms with Crippen molar-refractivity contribution < 1.29 is 14.3 Å². The fourth-order valence-corrected chi connectivity index (χ4v) is 7.55. The van der Waals surface area contributed by atoms with Gasteiger partial charge < -0.3 is 9.47 Å². The number of hydrogen-bond acceptors (Lipinski definition) is 3. The maximum Gasteiger partial charge on any atom is 0.157 e. The highest BCUT2D eigenvalue weighted by Gasteiger charge is 2.58. The topological polar surface area (TPSA) is 35.5 Å². The molecule has 0 N–H and O–H groups in total. The summed E-state index contributed by atoms with van der Waals surface area (Å²) in [5.74, 6) is 2.68. The van der Waals surface area contributed by atoms with Crippen LogP contribution in [0.2, 0.25) is 0 Å². The van der Waals surface area contributed by atoms with E-state index in [0.29, 0.717) is 23.2 Å². The van der Waals surface area contributed by atoms with Crippen molar-refractivity contribution in [2.75, 3.05) is 6.61 Å². The van der Waals surface area contributed by atoms with Crippen LogP contribution in [0.15, 0.2) is 11.6 Å². The Hall–Kier alpha value is -0.670. The number of ether oxygens (including phenoxy) is 2. The van der Waals surface area contributed by atoms with Crippen molar-refractivity contribution in [3.8, 4) is 0 Å². The molecule has 7 atom stereocenters. The van der Waals surface area contributed by atoms with Crippen molar-refractivity contribution in [3.05, 3.63) is 11.6 Å². The first-order chi connectivity index (χ1) is 13.0. The van der Waals surface area contributed by atoms with E-state index < -0.39 is 0 Å². The van der Waals surface area contributed by atoms with Crippen LogP contribution in [0.1, 0.15) is 84.5 Å². The first-order valence-electron chi connectivity index (χ1n) is 11.5. The number of carbonyl (C=O) groups is 1. The van der Waals surface area contributed by atoms with Gasteiger partial charge in [-0.1, -0.05) is 25.5 Å². The van der Waals surface area contributed by atoms with Gasteiger partial charge in [0.1, 0.15) is 5.78 Å². The Labute approximate surface area is 164 Å². The predicted octanol–water partition coefficient (Wildman–Crippen LogP) is 5.43. The van der Waals surface area contributed by atoms with Gasteiger partial charge in [0.05, 0.1) is 6.10 Å². The Bertz CT molecular complexity index is 634. The van der Waals surface area contributed by atoms with E-state index >= 15 is 0 Å². The van der Waals surface area contributed by atoms with Crippen molar-refractivity contribution in [3.63, 3.8) is 0 Å². The van der Waals surface area contributed by atoms with E-state index in [1.54, 1.807) is 5.57 Å². The average molecular weight is 373 g/mol. The van der Waals surface area contributed by atoms with E-state index in [1.165, 1.54) is 32.1 Å². The fraction of sp³-hybridized carbons (Fsp3) is 0.875. The molecule has 5 rings (SSSR count). The monoisotopic (exact) mass is 372 g/mol. The highest BCUT2D eigenvalue weighted by Crippen LogP contribution is 2.64. The Morgan fingerprint density at radius 3 is 2.67 bits per heavy atom. The van der Waals surface area contributed by atoms with Gasteiger partial charge in [0.25, 0.3) is 0 Å². The summed E-state index contributed by atoms with van der Waals surface area (Å²) < 4.78 is 12.2. The molecule has 0 spiro atoms. The summed E-state index contributed by atoms with van der Waals surface area (Å²) in [7, 11) is 0. The molecular formula is C24H36O3. The molecule has 0 aromatic heterocycles. The summed E-state index contributed by atoms with van der Waals surface area (Å²) in [5.41, 5.74) is 1.98. The third kappa shape index (κ3) is 2.87. The number of hydrogen-bond donors (Lipinski definition) is 0. The summed E-state index contributed by atoms with van der Waals surface area (Å²) in [6.45, 7) is 5.67. The quantitative estimate of drug-likeness (QED) is 0.606. The molecular weight excluding hydrogens is 336 g/mol. The van der Waals surface area contributed by atoms with Gasteiger partial charge in [0.2, 0.25) is 0 Å². The minimum Gasteiger partial charge on any atom is -0.353 e. The van der Waals surface area contributed by atoms with Gasteiger partial charge in [-0.05, 0) is 87.4 Å². The molecule has 0 radical (unpaired) electrons. The van der Waals surface area contributed by atoms with E-state index in [0.717, 1.165) is 57.0 Å². The molecule has 0 amide bonds. The SMILES string of the molecule is C[C@@]12CC[C@@H]3[C@H](CC=C4C[C@@H](O[C@H]5CCCCO5)CC[C@@]43C)[C@H]1CCC2=O. The zero-order valence-corrected chi connectivity index (χ0v) is 17.2. The molecule has 27 heavy (non-hydrogen) atoms. The van der Waals surface area contributed by atoms with E-state index in [2.05, 4.69) is 19.9 Å². The van der Waals surface area contributed by atoms with Gasteiger partial charge in [0, 0.05) is 18.4 Å². The van der Waals surface area contributed by atoms with E-state index in [-0.39, 0.29) is 11.7 Å². The molecule has 3 heteroatoms. The van der Waals surface area contributed by atoms with Crippen LogP contribution in [0.5, 0.6) is 0 Å². The second-order valence-corrected chi connectivity index (χ2v) is 10.5. The van der Waals surface area contributed by atoms with Crippen LogP contribution >= 0.6 is 0 Å². The molecule has 0 aromatic rings. The zero-order chi connectivity index (χ0) is 18.6. The molecule has 1 aliphatic heterocycles. The van der Waals surface area contributed by atoms with Crippen LogP contribution in [0.4, 0.5) is 0 Å². The second-order valence-electron chi connectivity index (χ2n) is 10.5. The van der Waals surface area contributed by atoms with Gasteiger partial charge in [-0.3, -0.25) is 4.79 Å². The van der Waals surface area contributed by atoms with Gasteiger partial charge in [-0.25, -0.2) is 0 Å². The zero-order valence-electron chi connectivity index (χ0n) is 17.2. The molecule has 5 aliphatic rings. The van der Waals surface area contributed by atoms with Gasteiger partial charge in [-0.2, -0.15) is 0 Å². The Morgan fingerprint density at radius 2 is 1.85 bits per heavy atom. The number of fused-ring (bicyclic) bond motifs is 5. The largest absolute Gasteiger partial charge is 0.353 e. The molecule has 3 saturated carbocycles. The number of carbonyl (C=O) groups excluding carboxylic acids is 1. The van der Waals surface area contributed by atoms with Crippen LogP contribution in [0.3, 0.4) is 0 Å². The first-order valence-corrected chi connectivity index (χ1v) is 11.5.